The van der Waals surface area contributed by atoms with E-state index < -0.39 is 10.0 Å². The summed E-state index contributed by atoms with van der Waals surface area (Å²) in [5.74, 6) is -0.0419. The second-order valence-corrected chi connectivity index (χ2v) is 7.92. The average molecular weight is 341 g/mol. The maximum atomic E-state index is 11.8. The molecular weight excluding hydrogens is 320 g/mol. The number of halogens is 1. The van der Waals surface area contributed by atoms with Crippen LogP contribution in [0.15, 0.2) is 24.3 Å². The van der Waals surface area contributed by atoms with E-state index in [1.54, 1.807) is 6.92 Å². The van der Waals surface area contributed by atoms with Gasteiger partial charge in [-0.1, -0.05) is 29.8 Å². The summed E-state index contributed by atoms with van der Waals surface area (Å²) >= 11 is 6.31. The highest BCUT2D eigenvalue weighted by Crippen LogP contribution is 2.31. The fourth-order valence-corrected chi connectivity index (χ4v) is 4.04. The van der Waals surface area contributed by atoms with Crippen LogP contribution in [0.5, 0.6) is 0 Å². The summed E-state index contributed by atoms with van der Waals surface area (Å²) in [5.41, 5.74) is 4.84. The highest BCUT2D eigenvalue weighted by molar-refractivity contribution is 7.89. The van der Waals surface area contributed by atoms with E-state index in [1.807, 2.05) is 26.0 Å². The summed E-state index contributed by atoms with van der Waals surface area (Å²) in [7, 11) is -3.31. The monoisotopic (exact) mass is 340 g/mol. The molecule has 22 heavy (non-hydrogen) atoms. The average Bonchev–Trinajstić information content (AvgIpc) is 2.71. The van der Waals surface area contributed by atoms with Gasteiger partial charge in [-0.2, -0.15) is 0 Å². The van der Waals surface area contributed by atoms with Crippen LogP contribution in [0.1, 0.15) is 23.7 Å². The predicted molar refractivity (Wildman–Crippen MR) is 93.1 cm³/mol. The zero-order chi connectivity index (χ0) is 16.5. The van der Waals surface area contributed by atoms with Crippen LogP contribution in [0.2, 0.25) is 5.02 Å². The lowest BCUT2D eigenvalue weighted by molar-refractivity contribution is 0.584. The van der Waals surface area contributed by atoms with Gasteiger partial charge in [0, 0.05) is 17.6 Å². The van der Waals surface area contributed by atoms with Crippen LogP contribution in [-0.2, 0) is 16.4 Å². The van der Waals surface area contributed by atoms with E-state index in [2.05, 4.69) is 16.3 Å². The Morgan fingerprint density at radius 3 is 2.68 bits per heavy atom. The minimum atomic E-state index is -3.31. The molecule has 0 fully saturated rings. The SMILES string of the molecule is C=C(C)CS(=O)(=O)NCCc1c(C)[nH]c2c(C)ccc(Cl)c12. The molecule has 0 atom stereocenters. The number of aromatic nitrogens is 1. The van der Waals surface area contributed by atoms with E-state index >= 15 is 0 Å². The third kappa shape index (κ3) is 3.72. The lowest BCUT2D eigenvalue weighted by atomic mass is 10.1. The van der Waals surface area contributed by atoms with Gasteiger partial charge in [0.05, 0.1) is 16.3 Å². The van der Waals surface area contributed by atoms with Gasteiger partial charge < -0.3 is 4.98 Å². The minimum absolute atomic E-state index is 0.0419. The van der Waals surface area contributed by atoms with Crippen LogP contribution in [0.25, 0.3) is 10.9 Å². The molecule has 1 heterocycles. The predicted octanol–water partition coefficient (Wildman–Crippen LogP) is 3.48. The first-order valence-electron chi connectivity index (χ1n) is 7.09. The maximum Gasteiger partial charge on any atom is 0.215 e. The Morgan fingerprint density at radius 2 is 2.05 bits per heavy atom. The molecule has 0 aliphatic carbocycles. The number of aryl methyl sites for hydroxylation is 2. The molecule has 0 amide bonds. The van der Waals surface area contributed by atoms with Crippen molar-refractivity contribution in [1.29, 1.82) is 0 Å². The fraction of sp³-hybridized carbons (Fsp3) is 0.375. The molecule has 2 N–H and O–H groups in total. The summed E-state index contributed by atoms with van der Waals surface area (Å²) < 4.78 is 26.3. The molecule has 1 aromatic heterocycles. The van der Waals surface area contributed by atoms with Crippen LogP contribution in [0.4, 0.5) is 0 Å². The molecule has 0 aliphatic heterocycles. The van der Waals surface area contributed by atoms with Gasteiger partial charge in [-0.05, 0) is 44.4 Å². The summed E-state index contributed by atoms with van der Waals surface area (Å²) in [6, 6.07) is 3.85. The van der Waals surface area contributed by atoms with Gasteiger partial charge in [0.2, 0.25) is 10.0 Å². The number of nitrogens with one attached hydrogen (secondary N) is 2. The van der Waals surface area contributed by atoms with E-state index in [4.69, 9.17) is 11.6 Å². The first kappa shape index (κ1) is 17.1. The molecule has 6 heteroatoms. The van der Waals surface area contributed by atoms with Gasteiger partial charge in [0.15, 0.2) is 0 Å². The summed E-state index contributed by atoms with van der Waals surface area (Å²) in [6.07, 6.45) is 0.588. The van der Waals surface area contributed by atoms with Crippen molar-refractivity contribution in [3.05, 3.63) is 46.1 Å². The van der Waals surface area contributed by atoms with Gasteiger partial charge in [-0.15, -0.1) is 0 Å². The van der Waals surface area contributed by atoms with Gasteiger partial charge in [0.25, 0.3) is 0 Å². The first-order valence-corrected chi connectivity index (χ1v) is 9.12. The third-order valence-electron chi connectivity index (χ3n) is 3.56. The van der Waals surface area contributed by atoms with E-state index in [0.29, 0.717) is 23.6 Å². The van der Waals surface area contributed by atoms with Gasteiger partial charge in [0.1, 0.15) is 0 Å². The summed E-state index contributed by atoms with van der Waals surface area (Å²) in [5, 5.41) is 1.67. The molecule has 1 aromatic carbocycles. The molecule has 0 bridgehead atoms. The number of H-pyrrole nitrogens is 1. The Kier molecular flexibility index (Phi) is 5.00. The number of benzene rings is 1. The lowest BCUT2D eigenvalue weighted by Crippen LogP contribution is -2.28. The van der Waals surface area contributed by atoms with Crippen molar-refractivity contribution >= 4 is 32.5 Å². The number of hydrogen-bond donors (Lipinski definition) is 2. The molecule has 0 unspecified atom stereocenters. The number of aromatic amines is 1. The van der Waals surface area contributed by atoms with Crippen molar-refractivity contribution < 1.29 is 8.42 Å². The standard InChI is InChI=1S/C16H21ClN2O2S/c1-10(2)9-22(20,21)18-8-7-13-12(4)19-16-11(3)5-6-14(17)15(13)16/h5-6,18-19H,1,7-9H2,2-4H3. The van der Waals surface area contributed by atoms with Crippen molar-refractivity contribution in [2.45, 2.75) is 27.2 Å². The molecule has 0 saturated heterocycles. The highest BCUT2D eigenvalue weighted by atomic mass is 35.5. The molecule has 0 saturated carbocycles. The molecule has 4 nitrogen and oxygen atoms in total. The summed E-state index contributed by atoms with van der Waals surface area (Å²) in [4.78, 5) is 3.34. The zero-order valence-corrected chi connectivity index (χ0v) is 14.7. The van der Waals surface area contributed by atoms with E-state index in [0.717, 1.165) is 27.7 Å². The Hall–Kier alpha value is -1.30. The molecule has 0 aliphatic rings. The smallest absolute Gasteiger partial charge is 0.215 e. The van der Waals surface area contributed by atoms with Crippen molar-refractivity contribution in [3.63, 3.8) is 0 Å². The number of hydrogen-bond acceptors (Lipinski definition) is 2. The number of rotatable bonds is 6. The number of sulfonamides is 1. The summed E-state index contributed by atoms with van der Waals surface area (Å²) in [6.45, 7) is 9.68. The van der Waals surface area contributed by atoms with Crippen molar-refractivity contribution in [2.24, 2.45) is 0 Å². The van der Waals surface area contributed by atoms with Crippen molar-refractivity contribution in [2.75, 3.05) is 12.3 Å². The fourth-order valence-electron chi connectivity index (χ4n) is 2.61. The van der Waals surface area contributed by atoms with Crippen molar-refractivity contribution in [1.82, 2.24) is 9.71 Å². The topological polar surface area (TPSA) is 62.0 Å². The second-order valence-electron chi connectivity index (χ2n) is 5.70. The Bertz CT molecular complexity index is 822. The molecule has 2 aromatic rings. The maximum absolute atomic E-state index is 11.8. The normalized spacial score (nSPS) is 12.0. The molecule has 0 spiro atoms. The quantitative estimate of drug-likeness (QED) is 0.791. The Balaban J connectivity index is 2.21. The number of fused-ring (bicyclic) bond motifs is 1. The van der Waals surface area contributed by atoms with Gasteiger partial charge in [-0.3, -0.25) is 0 Å². The largest absolute Gasteiger partial charge is 0.358 e. The highest BCUT2D eigenvalue weighted by Gasteiger charge is 2.15. The zero-order valence-electron chi connectivity index (χ0n) is 13.1. The van der Waals surface area contributed by atoms with Crippen LogP contribution in [0, 0.1) is 13.8 Å². The Morgan fingerprint density at radius 1 is 1.36 bits per heavy atom. The molecule has 120 valence electrons. The van der Waals surface area contributed by atoms with E-state index in [1.165, 1.54) is 0 Å². The molecular formula is C16H21ClN2O2S. The third-order valence-corrected chi connectivity index (χ3v) is 5.39. The van der Waals surface area contributed by atoms with Crippen LogP contribution >= 0.6 is 11.6 Å². The van der Waals surface area contributed by atoms with E-state index in [9.17, 15) is 8.42 Å². The van der Waals surface area contributed by atoms with Crippen LogP contribution in [-0.4, -0.2) is 25.7 Å². The second kappa shape index (κ2) is 6.44. The van der Waals surface area contributed by atoms with Gasteiger partial charge >= 0.3 is 0 Å². The van der Waals surface area contributed by atoms with E-state index in [-0.39, 0.29) is 5.75 Å². The Labute approximate surface area is 136 Å². The van der Waals surface area contributed by atoms with Crippen LogP contribution in [0.3, 0.4) is 0 Å². The molecule has 0 radical (unpaired) electrons. The molecule has 2 rings (SSSR count). The lowest BCUT2D eigenvalue weighted by Gasteiger charge is -2.07. The van der Waals surface area contributed by atoms with Gasteiger partial charge in [-0.25, -0.2) is 13.1 Å². The van der Waals surface area contributed by atoms with Crippen LogP contribution < -0.4 is 4.72 Å². The first-order chi connectivity index (χ1) is 10.2. The minimum Gasteiger partial charge on any atom is -0.358 e. The van der Waals surface area contributed by atoms with Crippen molar-refractivity contribution in [3.8, 4) is 0 Å².